The molecular formula is C16H15Cl2O2P. The molecule has 0 fully saturated rings. The summed E-state index contributed by atoms with van der Waals surface area (Å²) in [6.45, 7) is 2.20. The number of hydrogen-bond acceptors (Lipinski definition) is 2. The molecule has 1 N–H and O–H groups in total. The lowest BCUT2D eigenvalue weighted by molar-refractivity contribution is 0.112. The smallest absolute Gasteiger partial charge is 0.153 e. The highest BCUT2D eigenvalue weighted by Gasteiger charge is 2.10. The van der Waals surface area contributed by atoms with Crippen molar-refractivity contribution in [3.8, 4) is 5.75 Å². The molecule has 1 unspecified atom stereocenters. The second-order valence-corrected chi connectivity index (χ2v) is 7.95. The molecular weight excluding hydrogens is 326 g/mol. The van der Waals surface area contributed by atoms with E-state index >= 15 is 0 Å². The number of carbonyl (C=O) groups is 1. The SMILES string of the molecule is CP(CCc1cc(Cl)c(C=O)c(Cl)c1)c1ccc(O)cc1. The molecule has 0 aliphatic heterocycles. The Hall–Kier alpha value is -1.08. The van der Waals surface area contributed by atoms with E-state index in [0.717, 1.165) is 18.1 Å². The van der Waals surface area contributed by atoms with Gasteiger partial charge in [-0.3, -0.25) is 4.79 Å². The van der Waals surface area contributed by atoms with E-state index in [0.29, 0.717) is 21.9 Å². The average Bonchev–Trinajstić information content (AvgIpc) is 2.45. The number of aromatic hydroxyl groups is 1. The van der Waals surface area contributed by atoms with Crippen LogP contribution >= 0.6 is 31.1 Å². The van der Waals surface area contributed by atoms with Crippen LogP contribution in [0.5, 0.6) is 5.75 Å². The number of halogens is 2. The van der Waals surface area contributed by atoms with Gasteiger partial charge in [-0.05, 0) is 54.4 Å². The Labute approximate surface area is 135 Å². The number of carbonyl (C=O) groups excluding carboxylic acids is 1. The van der Waals surface area contributed by atoms with Crippen LogP contribution in [0.15, 0.2) is 36.4 Å². The van der Waals surface area contributed by atoms with Gasteiger partial charge in [-0.15, -0.1) is 0 Å². The Bertz CT molecular complexity index is 618. The van der Waals surface area contributed by atoms with Crippen LogP contribution in [0.25, 0.3) is 0 Å². The molecule has 0 radical (unpaired) electrons. The van der Waals surface area contributed by atoms with Crippen molar-refractivity contribution in [1.82, 2.24) is 0 Å². The van der Waals surface area contributed by atoms with E-state index < -0.39 is 0 Å². The summed E-state index contributed by atoms with van der Waals surface area (Å²) in [4.78, 5) is 10.9. The fourth-order valence-electron chi connectivity index (χ4n) is 2.03. The number of aryl methyl sites for hydroxylation is 1. The molecule has 21 heavy (non-hydrogen) atoms. The summed E-state index contributed by atoms with van der Waals surface area (Å²) < 4.78 is 0. The Morgan fingerprint density at radius 3 is 2.24 bits per heavy atom. The lowest BCUT2D eigenvalue weighted by Crippen LogP contribution is -2.03. The first-order valence-electron chi connectivity index (χ1n) is 6.44. The summed E-state index contributed by atoms with van der Waals surface area (Å²) in [6, 6.07) is 10.9. The highest BCUT2D eigenvalue weighted by molar-refractivity contribution is 7.64. The minimum atomic E-state index is -0.309. The van der Waals surface area contributed by atoms with E-state index in [2.05, 4.69) is 6.66 Å². The van der Waals surface area contributed by atoms with E-state index in [9.17, 15) is 9.90 Å². The number of phenolic OH excluding ortho intramolecular Hbond substituents is 1. The quantitative estimate of drug-likeness (QED) is 0.643. The molecule has 0 saturated heterocycles. The van der Waals surface area contributed by atoms with Crippen molar-refractivity contribution in [1.29, 1.82) is 0 Å². The highest BCUT2D eigenvalue weighted by Crippen LogP contribution is 2.32. The number of aldehydes is 1. The molecule has 2 rings (SSSR count). The van der Waals surface area contributed by atoms with Gasteiger partial charge in [-0.25, -0.2) is 0 Å². The van der Waals surface area contributed by atoms with Gasteiger partial charge in [-0.2, -0.15) is 0 Å². The van der Waals surface area contributed by atoms with E-state index in [4.69, 9.17) is 23.2 Å². The van der Waals surface area contributed by atoms with E-state index in [1.807, 2.05) is 12.1 Å². The Morgan fingerprint density at radius 2 is 1.71 bits per heavy atom. The van der Waals surface area contributed by atoms with Crippen LogP contribution in [0.1, 0.15) is 15.9 Å². The zero-order chi connectivity index (χ0) is 15.4. The van der Waals surface area contributed by atoms with Gasteiger partial charge in [0, 0.05) is 0 Å². The standard InChI is InChI=1S/C16H15Cl2O2P/c1-21(13-4-2-12(20)3-5-13)7-6-11-8-15(17)14(10-19)16(18)9-11/h2-5,8-10,20H,6-7H2,1H3. The maximum Gasteiger partial charge on any atom is 0.153 e. The molecule has 2 aromatic carbocycles. The van der Waals surface area contributed by atoms with Gasteiger partial charge >= 0.3 is 0 Å². The fraction of sp³-hybridized carbons (Fsp3) is 0.188. The van der Waals surface area contributed by atoms with Gasteiger partial charge in [0.05, 0.1) is 15.6 Å². The molecule has 0 amide bonds. The third-order valence-electron chi connectivity index (χ3n) is 3.28. The number of phenols is 1. The van der Waals surface area contributed by atoms with Gasteiger partial charge in [0.25, 0.3) is 0 Å². The molecule has 0 aliphatic rings. The summed E-state index contributed by atoms with van der Waals surface area (Å²) >= 11 is 12.1. The van der Waals surface area contributed by atoms with Gasteiger partial charge in [0.15, 0.2) is 6.29 Å². The van der Waals surface area contributed by atoms with Gasteiger partial charge < -0.3 is 5.11 Å². The van der Waals surface area contributed by atoms with Crippen molar-refractivity contribution in [2.45, 2.75) is 6.42 Å². The van der Waals surface area contributed by atoms with Crippen LogP contribution in [0.3, 0.4) is 0 Å². The van der Waals surface area contributed by atoms with Crippen LogP contribution < -0.4 is 5.30 Å². The second kappa shape index (κ2) is 7.26. The van der Waals surface area contributed by atoms with Crippen LogP contribution in [-0.4, -0.2) is 24.2 Å². The lowest BCUT2D eigenvalue weighted by Gasteiger charge is -2.13. The molecule has 0 spiro atoms. The molecule has 1 atom stereocenters. The van der Waals surface area contributed by atoms with Crippen LogP contribution in [-0.2, 0) is 6.42 Å². The molecule has 0 heterocycles. The number of benzene rings is 2. The summed E-state index contributed by atoms with van der Waals surface area (Å²) in [5.41, 5.74) is 1.38. The number of rotatable bonds is 5. The zero-order valence-corrected chi connectivity index (χ0v) is 13.9. The van der Waals surface area contributed by atoms with Crippen molar-refractivity contribution in [3.63, 3.8) is 0 Å². The molecule has 2 aromatic rings. The normalized spacial score (nSPS) is 12.1. The molecule has 2 nitrogen and oxygen atoms in total. The third kappa shape index (κ3) is 4.20. The van der Waals surface area contributed by atoms with Crippen molar-refractivity contribution in [3.05, 3.63) is 57.6 Å². The minimum absolute atomic E-state index is 0.283. The fourth-order valence-corrected chi connectivity index (χ4v) is 4.16. The maximum absolute atomic E-state index is 10.9. The van der Waals surface area contributed by atoms with E-state index in [1.54, 1.807) is 24.3 Å². The van der Waals surface area contributed by atoms with Crippen LogP contribution in [0.2, 0.25) is 10.0 Å². The monoisotopic (exact) mass is 340 g/mol. The Balaban J connectivity index is 2.06. The van der Waals surface area contributed by atoms with Crippen molar-refractivity contribution in [2.24, 2.45) is 0 Å². The maximum atomic E-state index is 10.9. The first-order chi connectivity index (χ1) is 10.0. The molecule has 0 aliphatic carbocycles. The van der Waals surface area contributed by atoms with Crippen molar-refractivity contribution >= 4 is 42.7 Å². The molecule has 5 heteroatoms. The summed E-state index contributed by atoms with van der Waals surface area (Å²) in [6.07, 6.45) is 2.52. The summed E-state index contributed by atoms with van der Waals surface area (Å²) in [7, 11) is -0.309. The first-order valence-corrected chi connectivity index (χ1v) is 9.17. The third-order valence-corrected chi connectivity index (χ3v) is 5.98. The van der Waals surface area contributed by atoms with Crippen molar-refractivity contribution in [2.75, 3.05) is 12.8 Å². The predicted octanol–water partition coefficient (Wildman–Crippen LogP) is 4.49. The van der Waals surface area contributed by atoms with E-state index in [1.165, 1.54) is 5.30 Å². The van der Waals surface area contributed by atoms with Crippen LogP contribution in [0, 0.1) is 0 Å². The average molecular weight is 341 g/mol. The molecule has 110 valence electrons. The lowest BCUT2D eigenvalue weighted by atomic mass is 10.1. The topological polar surface area (TPSA) is 37.3 Å². The molecule has 0 aromatic heterocycles. The number of hydrogen-bond donors (Lipinski definition) is 1. The summed E-state index contributed by atoms with van der Waals surface area (Å²) in [5.74, 6) is 0.283. The predicted molar refractivity (Wildman–Crippen MR) is 91.0 cm³/mol. The Kier molecular flexibility index (Phi) is 5.64. The van der Waals surface area contributed by atoms with Crippen molar-refractivity contribution < 1.29 is 9.90 Å². The van der Waals surface area contributed by atoms with E-state index in [-0.39, 0.29) is 13.7 Å². The highest BCUT2D eigenvalue weighted by atomic mass is 35.5. The molecule has 0 bridgehead atoms. The Morgan fingerprint density at radius 1 is 1.14 bits per heavy atom. The van der Waals surface area contributed by atoms with Gasteiger partial charge in [0.1, 0.15) is 5.75 Å². The summed E-state index contributed by atoms with van der Waals surface area (Å²) in [5, 5.41) is 11.3. The first kappa shape index (κ1) is 16.3. The minimum Gasteiger partial charge on any atom is -0.508 e. The van der Waals surface area contributed by atoms with Gasteiger partial charge in [0.2, 0.25) is 0 Å². The van der Waals surface area contributed by atoms with Gasteiger partial charge in [-0.1, -0.05) is 43.3 Å². The molecule has 0 saturated carbocycles. The largest absolute Gasteiger partial charge is 0.508 e. The zero-order valence-electron chi connectivity index (χ0n) is 11.5. The second-order valence-electron chi connectivity index (χ2n) is 4.78. The van der Waals surface area contributed by atoms with Crippen LogP contribution in [0.4, 0.5) is 0 Å².